The number of fused-ring (bicyclic) bond motifs is 1. The maximum Gasteiger partial charge on any atom is 0.303 e. The van der Waals surface area contributed by atoms with E-state index in [1.54, 1.807) is 12.1 Å². The summed E-state index contributed by atoms with van der Waals surface area (Å²) >= 11 is 6.22. The second-order valence-electron chi connectivity index (χ2n) is 10.7. The highest BCUT2D eigenvalue weighted by atomic mass is 35.5. The minimum atomic E-state index is -0.865. The second-order valence-corrected chi connectivity index (χ2v) is 11.1. The molecular weight excluding hydrogens is 522 g/mol. The molecule has 1 aromatic rings. The van der Waals surface area contributed by atoms with Crippen LogP contribution in [-0.4, -0.2) is 62.4 Å². The number of benzene rings is 1. The number of unbranched alkanes of at least 4 members (excludes halogenated alkanes) is 2. The topological polar surface area (TPSA) is 135 Å². The Balaban J connectivity index is 1.74. The molecule has 1 fully saturated rings. The summed E-state index contributed by atoms with van der Waals surface area (Å²) in [6.07, 6.45) is 5.58. The quantitative estimate of drug-likeness (QED) is 0.143. The number of likely N-dealkylation sites (tertiary alicyclic amines) is 1. The van der Waals surface area contributed by atoms with Crippen LogP contribution in [0.2, 0.25) is 5.02 Å². The number of aliphatic hydroxyl groups is 2. The lowest BCUT2D eigenvalue weighted by atomic mass is 9.67. The van der Waals surface area contributed by atoms with E-state index in [2.05, 4.69) is 0 Å². The fourth-order valence-corrected chi connectivity index (χ4v) is 6.23. The predicted molar refractivity (Wildman–Crippen MR) is 149 cm³/mol. The number of carboxylic acids is 1. The van der Waals surface area contributed by atoms with Gasteiger partial charge in [0.15, 0.2) is 0 Å². The summed E-state index contributed by atoms with van der Waals surface area (Å²) in [4.78, 5) is 38.7. The summed E-state index contributed by atoms with van der Waals surface area (Å²) in [6, 6.07) is 4.76. The number of carbonyl (C=O) groups is 3. The van der Waals surface area contributed by atoms with Crippen molar-refractivity contribution >= 4 is 35.5 Å². The fourth-order valence-electron chi connectivity index (χ4n) is 6.00. The first-order chi connectivity index (χ1) is 18.6. The Morgan fingerprint density at radius 1 is 1.18 bits per heavy atom. The van der Waals surface area contributed by atoms with Crippen LogP contribution in [0.1, 0.15) is 77.2 Å². The highest BCUT2D eigenvalue weighted by molar-refractivity contribution is 6.32. The first-order valence-electron chi connectivity index (χ1n) is 13.8. The number of imide groups is 1. The maximum atomic E-state index is 13.4. The minimum Gasteiger partial charge on any atom is -0.508 e. The van der Waals surface area contributed by atoms with Gasteiger partial charge in [0, 0.05) is 18.9 Å². The molecule has 4 N–H and O–H groups in total. The molecule has 0 unspecified atom stereocenters. The van der Waals surface area contributed by atoms with E-state index in [9.17, 15) is 29.7 Å². The zero-order valence-electron chi connectivity index (χ0n) is 22.7. The van der Waals surface area contributed by atoms with Crippen molar-refractivity contribution in [3.63, 3.8) is 0 Å². The Morgan fingerprint density at radius 2 is 1.92 bits per heavy atom. The van der Waals surface area contributed by atoms with Gasteiger partial charge < -0.3 is 20.4 Å². The number of halogens is 1. The smallest absolute Gasteiger partial charge is 0.303 e. The number of carbonyl (C=O) groups excluding carboxylic acids is 2. The third-order valence-electron chi connectivity index (χ3n) is 7.85. The molecule has 4 atom stereocenters. The van der Waals surface area contributed by atoms with Gasteiger partial charge in [-0.1, -0.05) is 48.6 Å². The Bertz CT molecular complexity index is 1130. The van der Waals surface area contributed by atoms with E-state index in [-0.39, 0.29) is 37.1 Å². The van der Waals surface area contributed by atoms with Crippen LogP contribution in [0.25, 0.3) is 6.08 Å². The van der Waals surface area contributed by atoms with Crippen molar-refractivity contribution in [3.8, 4) is 5.75 Å². The SMILES string of the molecule is CCCC1=C([C@H](O)CC/C(C)=C/c2ccc(O)cc2Cl)[C@H](CO)[C@@H]2C(=O)N(CCCCCC(=O)O)C(=O)[C@@H]2C1. The number of rotatable bonds is 14. The number of aliphatic carboxylic acids is 1. The number of amides is 2. The average Bonchev–Trinajstić information content (AvgIpc) is 3.12. The van der Waals surface area contributed by atoms with Crippen LogP contribution >= 0.6 is 11.6 Å². The third-order valence-corrected chi connectivity index (χ3v) is 8.18. The second kappa shape index (κ2) is 14.1. The molecule has 1 aliphatic heterocycles. The van der Waals surface area contributed by atoms with Crippen LogP contribution in [0.4, 0.5) is 0 Å². The largest absolute Gasteiger partial charge is 0.508 e. The number of carboxylic acid groups (broad SMARTS) is 1. The van der Waals surface area contributed by atoms with E-state index in [4.69, 9.17) is 16.7 Å². The molecule has 0 aromatic heterocycles. The lowest BCUT2D eigenvalue weighted by Gasteiger charge is -2.36. The first kappa shape index (κ1) is 30.9. The monoisotopic (exact) mass is 561 g/mol. The van der Waals surface area contributed by atoms with Gasteiger partial charge in [-0.25, -0.2) is 0 Å². The van der Waals surface area contributed by atoms with Gasteiger partial charge >= 0.3 is 5.97 Å². The number of nitrogens with zero attached hydrogens (tertiary/aromatic N) is 1. The summed E-state index contributed by atoms with van der Waals surface area (Å²) in [5.74, 6) is -3.17. The average molecular weight is 562 g/mol. The molecule has 214 valence electrons. The van der Waals surface area contributed by atoms with E-state index in [0.29, 0.717) is 55.5 Å². The van der Waals surface area contributed by atoms with E-state index < -0.39 is 29.8 Å². The molecule has 0 radical (unpaired) electrons. The summed E-state index contributed by atoms with van der Waals surface area (Å²) in [5.41, 5.74) is 3.40. The van der Waals surface area contributed by atoms with E-state index >= 15 is 0 Å². The first-order valence-corrected chi connectivity index (χ1v) is 14.2. The van der Waals surface area contributed by atoms with Crippen molar-refractivity contribution < 1.29 is 34.8 Å². The van der Waals surface area contributed by atoms with Gasteiger partial charge in [-0.3, -0.25) is 19.3 Å². The van der Waals surface area contributed by atoms with Crippen molar-refractivity contribution in [2.45, 2.75) is 77.7 Å². The molecule has 0 spiro atoms. The van der Waals surface area contributed by atoms with Crippen molar-refractivity contribution in [2.24, 2.45) is 17.8 Å². The molecule has 8 nitrogen and oxygen atoms in total. The van der Waals surface area contributed by atoms with Gasteiger partial charge in [0.25, 0.3) is 0 Å². The van der Waals surface area contributed by atoms with Crippen LogP contribution in [0, 0.1) is 17.8 Å². The number of aromatic hydroxyl groups is 1. The Hall–Kier alpha value is -2.68. The van der Waals surface area contributed by atoms with Crippen molar-refractivity contribution in [2.75, 3.05) is 13.2 Å². The Kier molecular flexibility index (Phi) is 11.2. The molecule has 1 aromatic carbocycles. The van der Waals surface area contributed by atoms with E-state index in [1.807, 2.05) is 19.9 Å². The van der Waals surface area contributed by atoms with Crippen LogP contribution in [-0.2, 0) is 14.4 Å². The molecule has 0 saturated carbocycles. The van der Waals surface area contributed by atoms with Gasteiger partial charge in [-0.15, -0.1) is 0 Å². The molecule has 0 bridgehead atoms. The lowest BCUT2D eigenvalue weighted by Crippen LogP contribution is -2.39. The van der Waals surface area contributed by atoms with Crippen LogP contribution < -0.4 is 0 Å². The molecular formula is C30H40ClNO7. The number of aliphatic hydroxyl groups excluding tert-OH is 2. The minimum absolute atomic E-state index is 0.0575. The number of phenols is 1. The summed E-state index contributed by atoms with van der Waals surface area (Å²) < 4.78 is 0. The van der Waals surface area contributed by atoms with Gasteiger partial charge in [0.05, 0.1) is 29.6 Å². The lowest BCUT2D eigenvalue weighted by molar-refractivity contribution is -0.141. The zero-order chi connectivity index (χ0) is 28.7. The van der Waals surface area contributed by atoms with Gasteiger partial charge in [0.1, 0.15) is 5.75 Å². The molecule has 1 saturated heterocycles. The molecule has 39 heavy (non-hydrogen) atoms. The third kappa shape index (κ3) is 7.50. The highest BCUT2D eigenvalue weighted by Crippen LogP contribution is 2.47. The summed E-state index contributed by atoms with van der Waals surface area (Å²) in [6.45, 7) is 3.87. The molecule has 2 aliphatic rings. The fraction of sp³-hybridized carbons (Fsp3) is 0.567. The normalized spacial score (nSPS) is 22.4. The summed E-state index contributed by atoms with van der Waals surface area (Å²) in [7, 11) is 0. The van der Waals surface area contributed by atoms with Crippen molar-refractivity contribution in [3.05, 3.63) is 45.5 Å². The highest BCUT2D eigenvalue weighted by Gasteiger charge is 2.54. The van der Waals surface area contributed by atoms with Crippen LogP contribution in [0.15, 0.2) is 34.9 Å². The van der Waals surface area contributed by atoms with Crippen molar-refractivity contribution in [1.29, 1.82) is 0 Å². The number of hydrogen-bond donors (Lipinski definition) is 4. The van der Waals surface area contributed by atoms with E-state index in [0.717, 1.165) is 23.1 Å². The Labute approximate surface area is 235 Å². The van der Waals surface area contributed by atoms with E-state index in [1.165, 1.54) is 11.0 Å². The number of allylic oxidation sites excluding steroid dienone is 2. The number of phenolic OH excluding ortho intramolecular Hbond substituents is 1. The maximum absolute atomic E-state index is 13.4. The van der Waals surface area contributed by atoms with Gasteiger partial charge in [-0.2, -0.15) is 0 Å². The molecule has 1 aliphatic carbocycles. The number of hydrogen-bond acceptors (Lipinski definition) is 6. The Morgan fingerprint density at radius 3 is 2.56 bits per heavy atom. The van der Waals surface area contributed by atoms with Gasteiger partial charge in [-0.05, 0) is 74.8 Å². The van der Waals surface area contributed by atoms with Crippen LogP contribution in [0.5, 0.6) is 5.75 Å². The summed E-state index contributed by atoms with van der Waals surface area (Å²) in [5, 5.41) is 40.6. The molecule has 2 amide bonds. The molecule has 3 rings (SSSR count). The standard InChI is InChI=1S/C30H40ClNO7/c1-3-7-20-15-22-28(30(39)32(29(22)38)13-6-4-5-8-26(36)37)23(17-33)27(20)25(35)12-9-18(2)14-19-10-11-21(34)16-24(19)31/h10-11,14,16,22-23,25,28,33-35H,3-9,12-13,15,17H2,1-2H3,(H,36,37)/b18-14+/t22-,23+,25-,28-/m1/s1. The zero-order valence-corrected chi connectivity index (χ0v) is 23.5. The molecule has 1 heterocycles. The van der Waals surface area contributed by atoms with Crippen molar-refractivity contribution in [1.82, 2.24) is 4.90 Å². The van der Waals surface area contributed by atoms with Gasteiger partial charge in [0.2, 0.25) is 11.8 Å². The predicted octanol–water partition coefficient (Wildman–Crippen LogP) is 4.95. The van der Waals surface area contributed by atoms with Crippen LogP contribution in [0.3, 0.4) is 0 Å². The molecule has 9 heteroatoms.